The van der Waals surface area contributed by atoms with Gasteiger partial charge in [0.25, 0.3) is 0 Å². The third-order valence-corrected chi connectivity index (χ3v) is 15.1. The van der Waals surface area contributed by atoms with Gasteiger partial charge in [0.05, 0.1) is 33.3 Å². The summed E-state index contributed by atoms with van der Waals surface area (Å²) in [5.74, 6) is 0. The first-order chi connectivity index (χ1) is 31.8. The predicted octanol–water partition coefficient (Wildman–Crippen LogP) is 15.7. The van der Waals surface area contributed by atoms with E-state index in [9.17, 15) is 0 Å². The van der Waals surface area contributed by atoms with E-state index in [1.807, 2.05) is 0 Å². The SMILES string of the molecule is c1ccc2c(c1)-c1ccccc1C21c2ccccc2-c2c(N(c3cccc4c3-c3ccccc3C43c4ccccc4-c4ccccc43)c3cccc4oc5ccccc5c34)cccc21. The van der Waals surface area contributed by atoms with Crippen molar-refractivity contribution < 1.29 is 4.42 Å². The van der Waals surface area contributed by atoms with E-state index in [0.29, 0.717) is 0 Å². The summed E-state index contributed by atoms with van der Waals surface area (Å²) in [5.41, 5.74) is 25.0. The first-order valence-corrected chi connectivity index (χ1v) is 22.4. The van der Waals surface area contributed by atoms with Crippen molar-refractivity contribution in [3.63, 3.8) is 0 Å². The van der Waals surface area contributed by atoms with Crippen LogP contribution >= 0.6 is 0 Å². The molecular weight excluding hydrogens is 775 g/mol. The maximum atomic E-state index is 6.69. The number of fused-ring (bicyclic) bond motifs is 23. The van der Waals surface area contributed by atoms with Crippen molar-refractivity contribution in [2.75, 3.05) is 4.90 Å². The zero-order valence-electron chi connectivity index (χ0n) is 34.7. The lowest BCUT2D eigenvalue weighted by Crippen LogP contribution is -2.26. The van der Waals surface area contributed by atoms with Crippen molar-refractivity contribution in [2.24, 2.45) is 0 Å². The van der Waals surface area contributed by atoms with Crippen LogP contribution in [-0.4, -0.2) is 0 Å². The molecule has 2 nitrogen and oxygen atoms in total. The minimum absolute atomic E-state index is 0.484. The highest BCUT2D eigenvalue weighted by Crippen LogP contribution is 2.67. The van der Waals surface area contributed by atoms with Gasteiger partial charge in [0.15, 0.2) is 0 Å². The Labute approximate surface area is 371 Å². The minimum atomic E-state index is -0.484. The van der Waals surface area contributed by atoms with E-state index >= 15 is 0 Å². The van der Waals surface area contributed by atoms with Gasteiger partial charge in [-0.2, -0.15) is 0 Å². The summed E-state index contributed by atoms with van der Waals surface area (Å²) >= 11 is 0. The van der Waals surface area contributed by atoms with Gasteiger partial charge in [0, 0.05) is 16.5 Å². The molecule has 2 heteroatoms. The summed E-state index contributed by atoms with van der Waals surface area (Å²) in [4.78, 5) is 2.59. The van der Waals surface area contributed by atoms with Crippen LogP contribution in [0.4, 0.5) is 17.1 Å². The molecule has 0 atom stereocenters. The standard InChI is InChI=1S/C62H37NO/c1-8-25-45-38(18-1)39-19-2-9-26-46(39)61(45)49-29-12-5-22-42(49)58-51(61)31-15-33-53(58)63(55-35-17-37-57-60(55)44-24-7-14-36-56(44)64-57)54-34-16-32-52-59(54)43-23-6-13-30-50(43)62(52)47-27-10-3-20-40(47)41-21-4-11-28-48(41)62/h1-37H. The second-order valence-electron chi connectivity index (χ2n) is 17.8. The lowest BCUT2D eigenvalue weighted by Gasteiger charge is -2.33. The Morgan fingerprint density at radius 3 is 1.06 bits per heavy atom. The number of hydrogen-bond acceptors (Lipinski definition) is 2. The highest BCUT2D eigenvalue weighted by atomic mass is 16.3. The molecule has 1 aromatic heterocycles. The molecule has 64 heavy (non-hydrogen) atoms. The number of para-hydroxylation sites is 1. The van der Waals surface area contributed by atoms with Crippen LogP contribution < -0.4 is 4.90 Å². The van der Waals surface area contributed by atoms with E-state index in [1.165, 1.54) is 89.0 Å². The Morgan fingerprint density at radius 1 is 0.266 bits per heavy atom. The molecule has 11 aromatic rings. The van der Waals surface area contributed by atoms with Gasteiger partial charge >= 0.3 is 0 Å². The maximum absolute atomic E-state index is 6.69. The zero-order chi connectivity index (χ0) is 41.7. The van der Waals surface area contributed by atoms with Crippen LogP contribution in [0.25, 0.3) is 66.4 Å². The molecule has 0 saturated heterocycles. The summed E-state index contributed by atoms with van der Waals surface area (Å²) in [6.45, 7) is 0. The van der Waals surface area contributed by atoms with Crippen LogP contribution in [0.3, 0.4) is 0 Å². The topological polar surface area (TPSA) is 16.4 Å². The fourth-order valence-electron chi connectivity index (χ4n) is 13.0. The number of benzene rings is 10. The molecule has 15 rings (SSSR count). The molecule has 0 saturated carbocycles. The molecule has 0 aliphatic heterocycles. The molecule has 0 fully saturated rings. The van der Waals surface area contributed by atoms with Gasteiger partial charge in [-0.05, 0) is 108 Å². The molecule has 2 spiro atoms. The number of nitrogens with zero attached hydrogens (tertiary/aromatic N) is 1. The smallest absolute Gasteiger partial charge is 0.137 e. The number of furan rings is 1. The maximum Gasteiger partial charge on any atom is 0.137 e. The first kappa shape index (κ1) is 34.4. The van der Waals surface area contributed by atoms with Crippen molar-refractivity contribution >= 4 is 39.0 Å². The third kappa shape index (κ3) is 3.95. The Kier molecular flexibility index (Phi) is 6.58. The van der Waals surface area contributed by atoms with Gasteiger partial charge in [-0.3, -0.25) is 0 Å². The van der Waals surface area contributed by atoms with Crippen LogP contribution in [0.5, 0.6) is 0 Å². The average Bonchev–Trinajstić information content (AvgIpc) is 4.13. The van der Waals surface area contributed by atoms with E-state index in [2.05, 4.69) is 229 Å². The molecule has 0 bridgehead atoms. The van der Waals surface area contributed by atoms with E-state index in [4.69, 9.17) is 4.42 Å². The largest absolute Gasteiger partial charge is 0.456 e. The summed E-state index contributed by atoms with van der Waals surface area (Å²) in [7, 11) is 0. The molecule has 4 aliphatic carbocycles. The van der Waals surface area contributed by atoms with E-state index < -0.39 is 10.8 Å². The lowest BCUT2D eigenvalue weighted by molar-refractivity contribution is 0.669. The molecule has 10 aromatic carbocycles. The van der Waals surface area contributed by atoms with Crippen LogP contribution in [0.1, 0.15) is 44.5 Å². The molecule has 1 heterocycles. The summed E-state index contributed by atoms with van der Waals surface area (Å²) < 4.78 is 6.69. The lowest BCUT2D eigenvalue weighted by atomic mass is 9.70. The summed E-state index contributed by atoms with van der Waals surface area (Å²) in [6, 6.07) is 83.8. The minimum Gasteiger partial charge on any atom is -0.456 e. The van der Waals surface area contributed by atoms with Gasteiger partial charge in [-0.1, -0.05) is 194 Å². The molecular formula is C62H37NO. The Bertz CT molecular complexity index is 3540. The number of hydrogen-bond donors (Lipinski definition) is 0. The highest BCUT2D eigenvalue weighted by Gasteiger charge is 2.54. The van der Waals surface area contributed by atoms with Crippen LogP contribution in [0.15, 0.2) is 229 Å². The monoisotopic (exact) mass is 811 g/mol. The van der Waals surface area contributed by atoms with Crippen molar-refractivity contribution in [2.45, 2.75) is 10.8 Å². The van der Waals surface area contributed by atoms with Crippen molar-refractivity contribution in [3.8, 4) is 44.5 Å². The molecule has 296 valence electrons. The third-order valence-electron chi connectivity index (χ3n) is 15.1. The van der Waals surface area contributed by atoms with Gasteiger partial charge in [0.1, 0.15) is 11.2 Å². The first-order valence-electron chi connectivity index (χ1n) is 22.4. The highest BCUT2D eigenvalue weighted by molar-refractivity contribution is 6.15. The van der Waals surface area contributed by atoms with Crippen LogP contribution in [0, 0.1) is 0 Å². The Hall–Kier alpha value is -8.20. The zero-order valence-corrected chi connectivity index (χ0v) is 34.7. The van der Waals surface area contributed by atoms with Crippen LogP contribution in [0.2, 0.25) is 0 Å². The van der Waals surface area contributed by atoms with Gasteiger partial charge in [-0.15, -0.1) is 0 Å². The van der Waals surface area contributed by atoms with Crippen LogP contribution in [-0.2, 0) is 10.8 Å². The number of anilines is 3. The van der Waals surface area contributed by atoms with E-state index in [-0.39, 0.29) is 0 Å². The van der Waals surface area contributed by atoms with E-state index in [0.717, 1.165) is 39.0 Å². The van der Waals surface area contributed by atoms with Gasteiger partial charge in [0.2, 0.25) is 0 Å². The molecule has 4 aliphatic rings. The fourth-order valence-corrected chi connectivity index (χ4v) is 13.0. The van der Waals surface area contributed by atoms with E-state index in [1.54, 1.807) is 0 Å². The molecule has 0 radical (unpaired) electrons. The predicted molar refractivity (Wildman–Crippen MR) is 261 cm³/mol. The summed E-state index contributed by atoms with van der Waals surface area (Å²) in [6.07, 6.45) is 0. The second-order valence-corrected chi connectivity index (χ2v) is 17.8. The molecule has 0 N–H and O–H groups in total. The molecule has 0 amide bonds. The second kappa shape index (κ2) is 12.2. The Balaban J connectivity index is 1.10. The Morgan fingerprint density at radius 2 is 0.594 bits per heavy atom. The average molecular weight is 812 g/mol. The fraction of sp³-hybridized carbons (Fsp3) is 0.0323. The molecule has 0 unspecified atom stereocenters. The number of rotatable bonds is 3. The normalized spacial score (nSPS) is 14.5. The van der Waals surface area contributed by atoms with Crippen molar-refractivity contribution in [1.82, 2.24) is 0 Å². The van der Waals surface area contributed by atoms with Crippen molar-refractivity contribution in [3.05, 3.63) is 269 Å². The van der Waals surface area contributed by atoms with Gasteiger partial charge < -0.3 is 9.32 Å². The van der Waals surface area contributed by atoms with Crippen molar-refractivity contribution in [1.29, 1.82) is 0 Å². The van der Waals surface area contributed by atoms with Gasteiger partial charge in [-0.25, -0.2) is 0 Å². The quantitative estimate of drug-likeness (QED) is 0.177. The summed E-state index contributed by atoms with van der Waals surface area (Å²) in [5, 5.41) is 2.20.